The topological polar surface area (TPSA) is 68.5 Å². The van der Waals surface area contributed by atoms with E-state index in [0.29, 0.717) is 24.0 Å². The number of rotatable bonds is 4. The molecule has 2 heterocycles. The molecule has 1 aromatic heterocycles. The van der Waals surface area contributed by atoms with E-state index < -0.39 is 0 Å². The van der Waals surface area contributed by atoms with Gasteiger partial charge in [-0.15, -0.1) is 0 Å². The molecular formula is C23H25N3O3. The maximum Gasteiger partial charge on any atom is 0.261 e. The molecule has 150 valence electrons. The summed E-state index contributed by atoms with van der Waals surface area (Å²) in [6.07, 6.45) is 1.85. The van der Waals surface area contributed by atoms with Crippen molar-refractivity contribution in [3.63, 3.8) is 0 Å². The van der Waals surface area contributed by atoms with E-state index in [1.54, 1.807) is 7.11 Å². The molecule has 1 unspecified atom stereocenters. The number of aromatic nitrogens is 2. The van der Waals surface area contributed by atoms with Gasteiger partial charge in [0.15, 0.2) is 5.82 Å². The van der Waals surface area contributed by atoms with Gasteiger partial charge in [0, 0.05) is 24.6 Å². The molecule has 0 saturated carbocycles. The summed E-state index contributed by atoms with van der Waals surface area (Å²) in [6, 6.07) is 13.6. The zero-order valence-corrected chi connectivity index (χ0v) is 17.0. The van der Waals surface area contributed by atoms with Crippen molar-refractivity contribution in [2.75, 3.05) is 20.2 Å². The molecule has 3 aromatic rings. The molecule has 29 heavy (non-hydrogen) atoms. The number of hydrogen-bond donors (Lipinski definition) is 0. The van der Waals surface area contributed by atoms with E-state index >= 15 is 0 Å². The third-order valence-electron chi connectivity index (χ3n) is 5.48. The number of nitrogens with zero attached hydrogens (tertiary/aromatic N) is 3. The molecule has 1 saturated heterocycles. The highest BCUT2D eigenvalue weighted by Gasteiger charge is 2.29. The quantitative estimate of drug-likeness (QED) is 0.660. The Kier molecular flexibility index (Phi) is 5.34. The highest BCUT2D eigenvalue weighted by atomic mass is 16.5. The average Bonchev–Trinajstić information content (AvgIpc) is 3.25. The van der Waals surface area contributed by atoms with E-state index in [2.05, 4.69) is 10.1 Å². The number of methoxy groups -OCH3 is 1. The van der Waals surface area contributed by atoms with Gasteiger partial charge in [-0.25, -0.2) is 0 Å². The van der Waals surface area contributed by atoms with Crippen LogP contribution in [0.5, 0.6) is 5.75 Å². The smallest absolute Gasteiger partial charge is 0.261 e. The molecule has 4 rings (SSSR count). The van der Waals surface area contributed by atoms with Gasteiger partial charge in [-0.1, -0.05) is 35.0 Å². The molecule has 0 spiro atoms. The Hall–Kier alpha value is -3.15. The van der Waals surface area contributed by atoms with Crippen molar-refractivity contribution in [1.29, 1.82) is 0 Å². The van der Waals surface area contributed by atoms with Crippen molar-refractivity contribution >= 4 is 5.91 Å². The normalized spacial score (nSPS) is 16.7. The van der Waals surface area contributed by atoms with Crippen LogP contribution >= 0.6 is 0 Å². The number of likely N-dealkylation sites (tertiary alicyclic amines) is 1. The lowest BCUT2D eigenvalue weighted by molar-refractivity contribution is 0.0702. The van der Waals surface area contributed by atoms with Crippen molar-refractivity contribution in [3.05, 3.63) is 65.0 Å². The second kappa shape index (κ2) is 8.07. The Balaban J connectivity index is 1.54. The second-order valence-electron chi connectivity index (χ2n) is 7.57. The highest BCUT2D eigenvalue weighted by Crippen LogP contribution is 2.31. The molecule has 0 N–H and O–H groups in total. The summed E-state index contributed by atoms with van der Waals surface area (Å²) in [5, 5.41) is 4.21. The minimum atomic E-state index is 0.0602. The van der Waals surface area contributed by atoms with Crippen LogP contribution in [0.3, 0.4) is 0 Å². The van der Waals surface area contributed by atoms with E-state index in [9.17, 15) is 4.79 Å². The van der Waals surface area contributed by atoms with Crippen molar-refractivity contribution in [1.82, 2.24) is 15.0 Å². The SMILES string of the molecule is COc1ccccc1-c1nc(C2CCCN(C(=O)c3cc(C)ccc3C)C2)no1. The van der Waals surface area contributed by atoms with Gasteiger partial charge < -0.3 is 14.2 Å². The number of hydrogen-bond acceptors (Lipinski definition) is 5. The minimum Gasteiger partial charge on any atom is -0.496 e. The van der Waals surface area contributed by atoms with Crippen LogP contribution in [0.2, 0.25) is 0 Å². The van der Waals surface area contributed by atoms with Gasteiger partial charge in [-0.05, 0) is 50.5 Å². The maximum atomic E-state index is 13.1. The van der Waals surface area contributed by atoms with Gasteiger partial charge in [-0.2, -0.15) is 4.98 Å². The fourth-order valence-corrected chi connectivity index (χ4v) is 3.84. The first-order valence-electron chi connectivity index (χ1n) is 9.90. The fraction of sp³-hybridized carbons (Fsp3) is 0.348. The Bertz CT molecular complexity index is 1030. The molecule has 2 aromatic carbocycles. The Labute approximate surface area is 170 Å². The summed E-state index contributed by atoms with van der Waals surface area (Å²) < 4.78 is 10.9. The van der Waals surface area contributed by atoms with E-state index in [1.165, 1.54) is 0 Å². The van der Waals surface area contributed by atoms with Gasteiger partial charge in [0.2, 0.25) is 0 Å². The zero-order chi connectivity index (χ0) is 20.4. The number of para-hydroxylation sites is 1. The van der Waals surface area contributed by atoms with E-state index in [4.69, 9.17) is 9.26 Å². The summed E-state index contributed by atoms with van der Waals surface area (Å²) >= 11 is 0. The fourth-order valence-electron chi connectivity index (χ4n) is 3.84. The van der Waals surface area contributed by atoms with Gasteiger partial charge >= 0.3 is 0 Å². The number of ether oxygens (including phenoxy) is 1. The third kappa shape index (κ3) is 3.88. The second-order valence-corrected chi connectivity index (χ2v) is 7.57. The Morgan fingerprint density at radius 1 is 1.21 bits per heavy atom. The molecular weight excluding hydrogens is 366 g/mol. The lowest BCUT2D eigenvalue weighted by Crippen LogP contribution is -2.39. The number of amides is 1. The van der Waals surface area contributed by atoms with Gasteiger partial charge in [0.25, 0.3) is 11.8 Å². The highest BCUT2D eigenvalue weighted by molar-refractivity contribution is 5.96. The lowest BCUT2D eigenvalue weighted by atomic mass is 9.96. The predicted molar refractivity (Wildman–Crippen MR) is 110 cm³/mol. The molecule has 6 nitrogen and oxygen atoms in total. The van der Waals surface area contributed by atoms with Crippen LogP contribution in [0.4, 0.5) is 0 Å². The van der Waals surface area contributed by atoms with Crippen LogP contribution in [-0.2, 0) is 0 Å². The molecule has 0 radical (unpaired) electrons. The van der Waals surface area contributed by atoms with Crippen molar-refractivity contribution in [2.24, 2.45) is 0 Å². The molecule has 6 heteroatoms. The van der Waals surface area contributed by atoms with E-state index in [-0.39, 0.29) is 11.8 Å². The van der Waals surface area contributed by atoms with Crippen molar-refractivity contribution in [2.45, 2.75) is 32.6 Å². The maximum absolute atomic E-state index is 13.1. The third-order valence-corrected chi connectivity index (χ3v) is 5.48. The van der Waals surface area contributed by atoms with Crippen LogP contribution in [0.15, 0.2) is 47.0 Å². The van der Waals surface area contributed by atoms with Crippen LogP contribution in [-0.4, -0.2) is 41.1 Å². The molecule has 0 bridgehead atoms. The summed E-state index contributed by atoms with van der Waals surface area (Å²) in [5.74, 6) is 1.91. The summed E-state index contributed by atoms with van der Waals surface area (Å²) in [6.45, 7) is 5.33. The van der Waals surface area contributed by atoms with E-state index in [1.807, 2.05) is 61.2 Å². The summed E-state index contributed by atoms with van der Waals surface area (Å²) in [4.78, 5) is 19.6. The minimum absolute atomic E-state index is 0.0602. The first-order valence-corrected chi connectivity index (χ1v) is 9.90. The Morgan fingerprint density at radius 3 is 2.86 bits per heavy atom. The van der Waals surface area contributed by atoms with Gasteiger partial charge in [0.05, 0.1) is 12.7 Å². The van der Waals surface area contributed by atoms with Crippen LogP contribution in [0.1, 0.15) is 46.1 Å². The summed E-state index contributed by atoms with van der Waals surface area (Å²) in [5.41, 5.74) is 3.63. The number of benzene rings is 2. The largest absolute Gasteiger partial charge is 0.496 e. The number of aryl methyl sites for hydroxylation is 2. The molecule has 1 aliphatic rings. The molecule has 1 amide bonds. The van der Waals surface area contributed by atoms with Crippen molar-refractivity contribution in [3.8, 4) is 17.2 Å². The zero-order valence-electron chi connectivity index (χ0n) is 17.0. The predicted octanol–water partition coefficient (Wildman–Crippen LogP) is 4.38. The van der Waals surface area contributed by atoms with Gasteiger partial charge in [0.1, 0.15) is 5.75 Å². The van der Waals surface area contributed by atoms with Crippen molar-refractivity contribution < 1.29 is 14.1 Å². The van der Waals surface area contributed by atoms with E-state index in [0.717, 1.165) is 41.6 Å². The molecule has 1 fully saturated rings. The number of carbonyl (C=O) groups is 1. The molecule has 0 aliphatic carbocycles. The summed E-state index contributed by atoms with van der Waals surface area (Å²) in [7, 11) is 1.62. The first kappa shape index (κ1) is 19.2. The van der Waals surface area contributed by atoms with Gasteiger partial charge in [-0.3, -0.25) is 4.79 Å². The number of carbonyl (C=O) groups excluding carboxylic acids is 1. The van der Waals surface area contributed by atoms with Crippen LogP contribution < -0.4 is 4.74 Å². The molecule has 1 atom stereocenters. The monoisotopic (exact) mass is 391 g/mol. The van der Waals surface area contributed by atoms with Crippen LogP contribution in [0.25, 0.3) is 11.5 Å². The molecule has 1 aliphatic heterocycles. The first-order chi connectivity index (χ1) is 14.1. The number of piperidine rings is 1. The average molecular weight is 391 g/mol. The Morgan fingerprint density at radius 2 is 2.03 bits per heavy atom. The lowest BCUT2D eigenvalue weighted by Gasteiger charge is -2.31. The standard InChI is InChI=1S/C23H25N3O3/c1-15-10-11-16(2)19(13-15)23(27)26-12-6-7-17(14-26)21-24-22(29-25-21)18-8-4-5-9-20(18)28-3/h4-5,8-11,13,17H,6-7,12,14H2,1-3H3. The van der Waals surface area contributed by atoms with Crippen LogP contribution in [0, 0.1) is 13.8 Å².